The quantitative estimate of drug-likeness (QED) is 0.772. The van der Waals surface area contributed by atoms with E-state index >= 15 is 0 Å². The van der Waals surface area contributed by atoms with Gasteiger partial charge in [0.05, 0.1) is 18.5 Å². The summed E-state index contributed by atoms with van der Waals surface area (Å²) in [5, 5.41) is 0. The summed E-state index contributed by atoms with van der Waals surface area (Å²) in [7, 11) is -3.61. The Bertz CT molecular complexity index is 951. The summed E-state index contributed by atoms with van der Waals surface area (Å²) in [6.07, 6.45) is 2.19. The second-order valence-electron chi connectivity index (χ2n) is 6.74. The van der Waals surface area contributed by atoms with Crippen LogP contribution >= 0.6 is 0 Å². The zero-order valence-corrected chi connectivity index (χ0v) is 15.5. The Hall–Kier alpha value is -2.20. The number of benzene rings is 1. The van der Waals surface area contributed by atoms with E-state index in [1.54, 1.807) is 6.07 Å². The number of aryl methyl sites for hydroxylation is 2. The molecular formula is C17H19F2N3O4S. The number of nitrogens with zero attached hydrogens (tertiary/aromatic N) is 3. The molecule has 0 bridgehead atoms. The molecule has 0 unspecified atom stereocenters. The van der Waals surface area contributed by atoms with E-state index in [0.29, 0.717) is 11.3 Å². The van der Waals surface area contributed by atoms with Crippen LogP contribution in [0.15, 0.2) is 24.4 Å². The van der Waals surface area contributed by atoms with Gasteiger partial charge < -0.3 is 14.0 Å². The standard InChI is InChI=1S/C17H19F2N3O4S/c1-27(23,24)22(11-13-10-21-8-3-2-7-15(21)20-13)9-12-5-4-6-14-16(12)26-17(18,19)25-14/h4-6,10H,2-3,7-9,11H2,1H3. The molecule has 1 aromatic heterocycles. The van der Waals surface area contributed by atoms with Crippen molar-refractivity contribution in [3.63, 3.8) is 0 Å². The lowest BCUT2D eigenvalue weighted by Gasteiger charge is -2.19. The van der Waals surface area contributed by atoms with Crippen LogP contribution in [0.25, 0.3) is 0 Å². The summed E-state index contributed by atoms with van der Waals surface area (Å²) < 4.78 is 63.5. The molecule has 0 atom stereocenters. The van der Waals surface area contributed by atoms with Gasteiger partial charge in [-0.2, -0.15) is 4.31 Å². The Labute approximate surface area is 155 Å². The smallest absolute Gasteiger partial charge is 0.395 e. The van der Waals surface area contributed by atoms with Gasteiger partial charge in [-0.1, -0.05) is 12.1 Å². The number of halogens is 2. The molecule has 0 amide bonds. The van der Waals surface area contributed by atoms with Crippen LogP contribution in [-0.4, -0.2) is 34.8 Å². The summed E-state index contributed by atoms with van der Waals surface area (Å²) in [6.45, 7) is 0.803. The van der Waals surface area contributed by atoms with Crippen LogP contribution in [0.2, 0.25) is 0 Å². The van der Waals surface area contributed by atoms with Crippen molar-refractivity contribution in [1.29, 1.82) is 0 Å². The van der Waals surface area contributed by atoms with Crippen LogP contribution in [0.4, 0.5) is 8.78 Å². The van der Waals surface area contributed by atoms with Gasteiger partial charge in [-0.25, -0.2) is 13.4 Å². The number of hydrogen-bond donors (Lipinski definition) is 0. The molecule has 0 N–H and O–H groups in total. The first-order valence-electron chi connectivity index (χ1n) is 8.59. The lowest BCUT2D eigenvalue weighted by Crippen LogP contribution is -2.30. The van der Waals surface area contributed by atoms with Gasteiger partial charge in [0.15, 0.2) is 11.5 Å². The van der Waals surface area contributed by atoms with Crippen molar-refractivity contribution in [1.82, 2.24) is 13.9 Å². The summed E-state index contributed by atoms with van der Waals surface area (Å²) in [6, 6.07) is 4.42. The van der Waals surface area contributed by atoms with Gasteiger partial charge in [-0.05, 0) is 18.9 Å². The molecule has 0 saturated carbocycles. The zero-order valence-electron chi connectivity index (χ0n) is 14.7. The molecule has 27 heavy (non-hydrogen) atoms. The molecule has 1 aromatic carbocycles. The third-order valence-corrected chi connectivity index (χ3v) is 5.82. The minimum absolute atomic E-state index is 0.0553. The zero-order chi connectivity index (χ0) is 19.2. The van der Waals surface area contributed by atoms with Crippen LogP contribution in [-0.2, 0) is 36.1 Å². The molecule has 2 aliphatic rings. The molecule has 7 nitrogen and oxygen atoms in total. The maximum atomic E-state index is 13.4. The van der Waals surface area contributed by atoms with Crippen LogP contribution in [0, 0.1) is 0 Å². The average molecular weight is 399 g/mol. The predicted molar refractivity (Wildman–Crippen MR) is 91.9 cm³/mol. The first-order valence-corrected chi connectivity index (χ1v) is 10.4. The Morgan fingerprint density at radius 3 is 2.81 bits per heavy atom. The fraction of sp³-hybridized carbons (Fsp3) is 0.471. The van der Waals surface area contributed by atoms with Crippen LogP contribution in [0.5, 0.6) is 11.5 Å². The lowest BCUT2D eigenvalue weighted by molar-refractivity contribution is -0.287. The number of ether oxygens (including phenoxy) is 2. The molecular weight excluding hydrogens is 380 g/mol. The average Bonchev–Trinajstić information content (AvgIpc) is 3.12. The number of alkyl halides is 2. The van der Waals surface area contributed by atoms with E-state index in [9.17, 15) is 17.2 Å². The van der Waals surface area contributed by atoms with E-state index in [0.717, 1.165) is 37.9 Å². The third kappa shape index (κ3) is 3.77. The molecule has 2 aromatic rings. The maximum Gasteiger partial charge on any atom is 0.586 e. The van der Waals surface area contributed by atoms with Crippen molar-refractivity contribution in [2.75, 3.05) is 6.26 Å². The van der Waals surface area contributed by atoms with Crippen molar-refractivity contribution in [3.8, 4) is 11.5 Å². The minimum atomic E-state index is -3.75. The summed E-state index contributed by atoms with van der Waals surface area (Å²) in [4.78, 5) is 4.52. The third-order valence-electron chi connectivity index (χ3n) is 4.62. The Morgan fingerprint density at radius 2 is 2.07 bits per heavy atom. The van der Waals surface area contributed by atoms with Gasteiger partial charge in [0.1, 0.15) is 5.82 Å². The summed E-state index contributed by atoms with van der Waals surface area (Å²) in [5.41, 5.74) is 0.937. The number of fused-ring (bicyclic) bond motifs is 2. The van der Waals surface area contributed by atoms with E-state index in [-0.39, 0.29) is 24.6 Å². The van der Waals surface area contributed by atoms with E-state index < -0.39 is 16.3 Å². The highest BCUT2D eigenvalue weighted by Gasteiger charge is 2.44. The number of para-hydroxylation sites is 1. The van der Waals surface area contributed by atoms with Crippen molar-refractivity contribution in [2.45, 2.75) is 45.2 Å². The maximum absolute atomic E-state index is 13.4. The summed E-state index contributed by atoms with van der Waals surface area (Å²) in [5.74, 6) is 0.699. The SMILES string of the molecule is CS(=O)(=O)N(Cc1cn2c(n1)CCCC2)Cc1cccc2c1OC(F)(F)O2. The van der Waals surface area contributed by atoms with Gasteiger partial charge >= 0.3 is 6.29 Å². The van der Waals surface area contributed by atoms with Crippen LogP contribution in [0.1, 0.15) is 29.9 Å². The molecule has 10 heteroatoms. The highest BCUT2D eigenvalue weighted by atomic mass is 32.2. The Balaban J connectivity index is 1.60. The second kappa shape index (κ2) is 6.45. The Kier molecular flexibility index (Phi) is 4.34. The number of imidazole rings is 1. The number of sulfonamides is 1. The van der Waals surface area contributed by atoms with Gasteiger partial charge in [0.2, 0.25) is 10.0 Å². The number of aromatic nitrogens is 2. The van der Waals surface area contributed by atoms with Crippen LogP contribution < -0.4 is 9.47 Å². The van der Waals surface area contributed by atoms with E-state index in [4.69, 9.17) is 0 Å². The lowest BCUT2D eigenvalue weighted by atomic mass is 10.2. The molecule has 0 aliphatic carbocycles. The Morgan fingerprint density at radius 1 is 1.26 bits per heavy atom. The highest BCUT2D eigenvalue weighted by molar-refractivity contribution is 7.88. The summed E-state index contributed by atoms with van der Waals surface area (Å²) >= 11 is 0. The van der Waals surface area contributed by atoms with Gasteiger partial charge in [-0.3, -0.25) is 0 Å². The van der Waals surface area contributed by atoms with E-state index in [1.807, 2.05) is 10.8 Å². The van der Waals surface area contributed by atoms with Gasteiger partial charge in [-0.15, -0.1) is 8.78 Å². The van der Waals surface area contributed by atoms with Crippen molar-refractivity contribution < 1.29 is 26.7 Å². The first kappa shape index (κ1) is 18.2. The second-order valence-corrected chi connectivity index (χ2v) is 8.72. The van der Waals surface area contributed by atoms with Crippen molar-refractivity contribution in [2.24, 2.45) is 0 Å². The minimum Gasteiger partial charge on any atom is -0.395 e. The van der Waals surface area contributed by atoms with Gasteiger partial charge in [0, 0.05) is 31.3 Å². The molecule has 2 aliphatic heterocycles. The van der Waals surface area contributed by atoms with E-state index in [1.165, 1.54) is 16.4 Å². The van der Waals surface area contributed by atoms with Crippen molar-refractivity contribution in [3.05, 3.63) is 41.5 Å². The largest absolute Gasteiger partial charge is 0.586 e. The van der Waals surface area contributed by atoms with Crippen molar-refractivity contribution >= 4 is 10.0 Å². The van der Waals surface area contributed by atoms with E-state index in [2.05, 4.69) is 14.5 Å². The molecule has 146 valence electrons. The molecule has 0 fully saturated rings. The fourth-order valence-corrected chi connectivity index (χ4v) is 4.10. The normalized spacial score (nSPS) is 17.9. The highest BCUT2D eigenvalue weighted by Crippen LogP contribution is 2.43. The monoisotopic (exact) mass is 399 g/mol. The molecule has 0 saturated heterocycles. The molecule has 0 radical (unpaired) electrons. The number of rotatable bonds is 5. The fourth-order valence-electron chi connectivity index (χ4n) is 3.36. The number of hydrogen-bond acceptors (Lipinski definition) is 5. The molecule has 3 heterocycles. The molecule has 4 rings (SSSR count). The molecule has 0 spiro atoms. The topological polar surface area (TPSA) is 73.7 Å². The first-order chi connectivity index (χ1) is 12.7. The van der Waals surface area contributed by atoms with Crippen LogP contribution in [0.3, 0.4) is 0 Å². The van der Waals surface area contributed by atoms with Gasteiger partial charge in [0.25, 0.3) is 0 Å². The predicted octanol–water partition coefficient (Wildman–Crippen LogP) is 2.50.